The summed E-state index contributed by atoms with van der Waals surface area (Å²) in [4.78, 5) is 72.3. The highest BCUT2D eigenvalue weighted by molar-refractivity contribution is 5.95. The molecule has 13 heteroatoms. The van der Waals surface area contributed by atoms with E-state index in [9.17, 15) is 24.0 Å². The van der Waals surface area contributed by atoms with Crippen LogP contribution in [0.3, 0.4) is 0 Å². The molecule has 1 saturated carbocycles. The number of furan rings is 1. The first-order valence-electron chi connectivity index (χ1n) is 23.8. The number of esters is 1. The molecule has 0 spiro atoms. The van der Waals surface area contributed by atoms with Crippen molar-refractivity contribution in [3.8, 4) is 22.5 Å². The number of nitrogens with zero attached hydrogens (tertiary/aromatic N) is 2. The van der Waals surface area contributed by atoms with Crippen molar-refractivity contribution in [3.05, 3.63) is 112 Å². The average Bonchev–Trinajstić information content (AvgIpc) is 4.14. The van der Waals surface area contributed by atoms with Crippen LogP contribution < -0.4 is 16.3 Å². The summed E-state index contributed by atoms with van der Waals surface area (Å²) in [7, 11) is 0. The van der Waals surface area contributed by atoms with Gasteiger partial charge in [0, 0.05) is 29.5 Å². The van der Waals surface area contributed by atoms with E-state index >= 15 is 0 Å². The number of aromatic nitrogens is 2. The largest absolute Gasteiger partial charge is 0.461 e. The average molecular weight is 899 g/mol. The molecule has 0 bridgehead atoms. The number of rotatable bonds is 18. The molecule has 66 heavy (non-hydrogen) atoms. The van der Waals surface area contributed by atoms with Crippen LogP contribution in [-0.4, -0.2) is 64.7 Å². The standard InChI is InChI=1S/C53H62N4O9/c1-6-7-8-14-33-21-23-34(24-22-33)44-27-35-28-57(52(61)56-50(35)66-44)45-26-25-36(65-45)29-63-51(60)47(32(4)5)54-49(59)42-20-13-19-41(42)48(58)46(31(2)3)55-53(62)64-30-43-39-17-11-9-15-37(39)38-16-10-12-18-40(38)43/h9-12,15-18,21-24,27-28,31-32,36,41-43,45-47H,6-8,13-14,19-20,25-26,29-30H2,1-5H3,(H,54,59)(H,55,62)/t36-,41?,42?,45+,46?,47?/m0/s1. The highest BCUT2D eigenvalue weighted by Crippen LogP contribution is 2.44. The van der Waals surface area contributed by atoms with E-state index in [1.165, 1.54) is 23.0 Å². The molecule has 8 rings (SSSR count). The van der Waals surface area contributed by atoms with Crippen molar-refractivity contribution in [1.82, 2.24) is 20.2 Å². The Hall–Kier alpha value is -6.08. The minimum Gasteiger partial charge on any atom is -0.461 e. The Morgan fingerprint density at radius 1 is 0.788 bits per heavy atom. The molecular weight excluding hydrogens is 837 g/mol. The van der Waals surface area contributed by atoms with E-state index in [1.54, 1.807) is 6.20 Å². The number of ether oxygens (including phenoxy) is 3. The van der Waals surface area contributed by atoms with E-state index in [2.05, 4.69) is 46.8 Å². The van der Waals surface area contributed by atoms with E-state index in [0.29, 0.717) is 43.3 Å². The third kappa shape index (κ3) is 10.2. The van der Waals surface area contributed by atoms with Crippen LogP contribution >= 0.6 is 0 Å². The summed E-state index contributed by atoms with van der Waals surface area (Å²) in [5, 5.41) is 6.40. The predicted molar refractivity (Wildman–Crippen MR) is 250 cm³/mol. The summed E-state index contributed by atoms with van der Waals surface area (Å²) >= 11 is 0. The van der Waals surface area contributed by atoms with E-state index in [1.807, 2.05) is 82.3 Å². The number of carbonyl (C=O) groups excluding carboxylic acids is 4. The Bertz CT molecular complexity index is 2550. The maximum Gasteiger partial charge on any atom is 0.407 e. The first kappa shape index (κ1) is 46.4. The van der Waals surface area contributed by atoms with Crippen molar-refractivity contribution in [1.29, 1.82) is 0 Å². The van der Waals surface area contributed by atoms with Crippen molar-refractivity contribution in [3.63, 3.8) is 0 Å². The molecular formula is C53H62N4O9. The smallest absolute Gasteiger partial charge is 0.407 e. The van der Waals surface area contributed by atoms with E-state index in [4.69, 9.17) is 18.6 Å². The topological polar surface area (TPSA) is 168 Å². The lowest BCUT2D eigenvalue weighted by Crippen LogP contribution is -2.51. The molecule has 2 aliphatic carbocycles. The second-order valence-corrected chi connectivity index (χ2v) is 18.8. The van der Waals surface area contributed by atoms with Crippen LogP contribution in [0.15, 0.2) is 94.3 Å². The molecule has 348 valence electrons. The molecule has 2 amide bonds. The quantitative estimate of drug-likeness (QED) is 0.0639. The molecule has 3 heterocycles. The molecule has 13 nitrogen and oxygen atoms in total. The van der Waals surface area contributed by atoms with Gasteiger partial charge in [-0.3, -0.25) is 14.2 Å². The van der Waals surface area contributed by atoms with Crippen molar-refractivity contribution in [2.24, 2.45) is 23.7 Å². The SMILES string of the molecule is CCCCCc1ccc(-c2cc3cn([C@H]4CC[C@@H](COC(=O)C(NC(=O)C5CCCC5C(=O)C(NC(=O)OCC5c6ccccc6-c6ccccc65)C(C)C)C(C)C)O4)c(=O)nc3o2)cc1. The number of amides is 2. The Kier molecular flexibility index (Phi) is 14.5. The number of aryl methyl sites for hydroxylation is 1. The predicted octanol–water partition coefficient (Wildman–Crippen LogP) is 9.30. The summed E-state index contributed by atoms with van der Waals surface area (Å²) in [6.45, 7) is 9.59. The number of unbranched alkanes of at least 4 members (excludes halogenated alkanes) is 2. The van der Waals surface area contributed by atoms with Crippen LogP contribution in [0, 0.1) is 23.7 Å². The molecule has 4 unspecified atom stereocenters. The van der Waals surface area contributed by atoms with Crippen LogP contribution in [0.25, 0.3) is 33.6 Å². The highest BCUT2D eigenvalue weighted by atomic mass is 16.6. The number of ketones is 1. The fourth-order valence-corrected chi connectivity index (χ4v) is 9.90. The normalized spacial score (nSPS) is 20.0. The Balaban J connectivity index is 0.834. The minimum atomic E-state index is -0.965. The van der Waals surface area contributed by atoms with Gasteiger partial charge in [-0.2, -0.15) is 4.98 Å². The van der Waals surface area contributed by atoms with Gasteiger partial charge in [0.15, 0.2) is 5.78 Å². The molecule has 1 aliphatic heterocycles. The summed E-state index contributed by atoms with van der Waals surface area (Å²) in [6, 6.07) is 24.5. The van der Waals surface area contributed by atoms with Gasteiger partial charge < -0.3 is 29.3 Å². The third-order valence-corrected chi connectivity index (χ3v) is 13.6. The van der Waals surface area contributed by atoms with Gasteiger partial charge in [-0.1, -0.05) is 127 Å². The molecule has 2 aromatic heterocycles. The van der Waals surface area contributed by atoms with E-state index < -0.39 is 59.9 Å². The number of nitrogens with one attached hydrogen (secondary N) is 2. The summed E-state index contributed by atoms with van der Waals surface area (Å²) in [5.74, 6) is -2.62. The van der Waals surface area contributed by atoms with Crippen LogP contribution in [0.5, 0.6) is 0 Å². The Morgan fingerprint density at radius 3 is 2.15 bits per heavy atom. The van der Waals surface area contributed by atoms with Crippen LogP contribution in [-0.2, 0) is 35.0 Å². The van der Waals surface area contributed by atoms with E-state index in [0.717, 1.165) is 40.7 Å². The fraction of sp³-hybridized carbons (Fsp3) is 0.472. The minimum absolute atomic E-state index is 0.0642. The van der Waals surface area contributed by atoms with Gasteiger partial charge in [-0.05, 0) is 84.2 Å². The lowest BCUT2D eigenvalue weighted by molar-refractivity contribution is -0.154. The zero-order valence-corrected chi connectivity index (χ0v) is 38.6. The summed E-state index contributed by atoms with van der Waals surface area (Å²) < 4.78 is 25.2. The van der Waals surface area contributed by atoms with Crippen molar-refractivity contribution in [2.75, 3.05) is 13.2 Å². The lowest BCUT2D eigenvalue weighted by Gasteiger charge is -2.28. The molecule has 5 aromatic rings. The van der Waals surface area contributed by atoms with Crippen LogP contribution in [0.4, 0.5) is 4.79 Å². The van der Waals surface area contributed by atoms with Gasteiger partial charge in [0.25, 0.3) is 0 Å². The van der Waals surface area contributed by atoms with Gasteiger partial charge in [0.2, 0.25) is 11.6 Å². The van der Waals surface area contributed by atoms with Crippen LogP contribution in [0.1, 0.15) is 115 Å². The molecule has 6 atom stereocenters. The number of carbonyl (C=O) groups is 4. The van der Waals surface area contributed by atoms with Gasteiger partial charge in [0.1, 0.15) is 31.2 Å². The Labute approximate surface area is 386 Å². The molecule has 1 saturated heterocycles. The molecule has 3 aromatic carbocycles. The van der Waals surface area contributed by atoms with Gasteiger partial charge >= 0.3 is 17.8 Å². The van der Waals surface area contributed by atoms with Gasteiger partial charge in [-0.25, -0.2) is 14.4 Å². The zero-order chi connectivity index (χ0) is 46.5. The first-order valence-corrected chi connectivity index (χ1v) is 23.8. The number of alkyl carbamates (subject to hydrolysis) is 1. The van der Waals surface area contributed by atoms with Gasteiger partial charge in [0.05, 0.1) is 17.5 Å². The molecule has 0 radical (unpaired) electrons. The number of Topliss-reactive ketones (excluding diaryl/α,β-unsaturated/α-hetero) is 1. The molecule has 2 N–H and O–H groups in total. The maximum atomic E-state index is 14.2. The highest BCUT2D eigenvalue weighted by Gasteiger charge is 2.43. The van der Waals surface area contributed by atoms with E-state index in [-0.39, 0.29) is 42.5 Å². The molecule has 2 fully saturated rings. The summed E-state index contributed by atoms with van der Waals surface area (Å²) in [6.07, 6.45) is 7.15. The van der Waals surface area contributed by atoms with Gasteiger partial charge in [-0.15, -0.1) is 0 Å². The monoisotopic (exact) mass is 898 g/mol. The lowest BCUT2D eigenvalue weighted by atomic mass is 9.84. The van der Waals surface area contributed by atoms with Crippen molar-refractivity contribution in [2.45, 2.75) is 123 Å². The molecule has 3 aliphatic rings. The summed E-state index contributed by atoms with van der Waals surface area (Å²) in [5.41, 5.74) is 6.34. The van der Waals surface area contributed by atoms with Crippen molar-refractivity contribution < 1.29 is 37.8 Å². The third-order valence-electron chi connectivity index (χ3n) is 13.6. The fourth-order valence-electron chi connectivity index (χ4n) is 9.90. The van der Waals surface area contributed by atoms with Crippen LogP contribution in [0.2, 0.25) is 0 Å². The zero-order valence-electron chi connectivity index (χ0n) is 38.6. The number of hydrogen-bond donors (Lipinski definition) is 2. The number of fused-ring (bicyclic) bond motifs is 4. The number of benzene rings is 3. The first-order chi connectivity index (χ1) is 31.9. The van der Waals surface area contributed by atoms with Crippen molar-refractivity contribution >= 4 is 34.9 Å². The maximum absolute atomic E-state index is 14.2. The second-order valence-electron chi connectivity index (χ2n) is 18.8. The number of hydrogen-bond acceptors (Lipinski definition) is 10. The second kappa shape index (κ2) is 20.6. The Morgan fingerprint density at radius 2 is 1.47 bits per heavy atom.